The largest absolute Gasteiger partial charge is 0.337 e. The van der Waals surface area contributed by atoms with Gasteiger partial charge in [0.1, 0.15) is 4.90 Å². The zero-order valence-electron chi connectivity index (χ0n) is 16.0. The number of sulfonamides is 1. The number of fused-ring (bicyclic) bond motifs is 1. The van der Waals surface area contributed by atoms with Crippen molar-refractivity contribution in [2.45, 2.75) is 4.90 Å². The van der Waals surface area contributed by atoms with Crippen molar-refractivity contribution < 1.29 is 8.42 Å². The quantitative estimate of drug-likeness (QED) is 0.430. The Morgan fingerprint density at radius 1 is 1.00 bits per heavy atom. The fraction of sp³-hybridized carbons (Fsp3) is 0.211. The van der Waals surface area contributed by atoms with E-state index in [1.165, 1.54) is 10.4 Å². The van der Waals surface area contributed by atoms with Gasteiger partial charge in [-0.2, -0.15) is 13.8 Å². The molecule has 0 unspecified atom stereocenters. The van der Waals surface area contributed by atoms with E-state index >= 15 is 0 Å². The SMILES string of the molecule is O=S(=O)(c1cccc(Cl)c1Cl)N1CCN(c2nc3nccc(-c4cccs4)n3n2)CC1. The van der Waals surface area contributed by atoms with E-state index in [0.29, 0.717) is 24.8 Å². The predicted octanol–water partition coefficient (Wildman–Crippen LogP) is 3.67. The summed E-state index contributed by atoms with van der Waals surface area (Å²) in [4.78, 5) is 11.9. The minimum Gasteiger partial charge on any atom is -0.337 e. The molecule has 4 heterocycles. The van der Waals surface area contributed by atoms with Crippen LogP contribution in [0, 0.1) is 0 Å². The molecule has 0 atom stereocenters. The first-order valence-corrected chi connectivity index (χ1v) is 12.5. The van der Waals surface area contributed by atoms with Crippen LogP contribution < -0.4 is 4.90 Å². The maximum atomic E-state index is 13.0. The fourth-order valence-corrected chi connectivity index (χ4v) is 6.37. The third-order valence-corrected chi connectivity index (χ3v) is 8.82. The van der Waals surface area contributed by atoms with Crippen molar-refractivity contribution in [3.8, 4) is 10.6 Å². The molecule has 1 aromatic carbocycles. The molecule has 160 valence electrons. The highest BCUT2D eigenvalue weighted by Gasteiger charge is 2.31. The topological polar surface area (TPSA) is 83.7 Å². The third-order valence-electron chi connectivity index (χ3n) is 5.06. The van der Waals surface area contributed by atoms with E-state index < -0.39 is 10.0 Å². The number of aromatic nitrogens is 4. The average molecular weight is 495 g/mol. The van der Waals surface area contributed by atoms with E-state index in [1.54, 1.807) is 34.2 Å². The molecule has 0 spiro atoms. The summed E-state index contributed by atoms with van der Waals surface area (Å²) >= 11 is 13.8. The van der Waals surface area contributed by atoms with Crippen molar-refractivity contribution in [2.75, 3.05) is 31.1 Å². The van der Waals surface area contributed by atoms with Gasteiger partial charge in [-0.1, -0.05) is 35.3 Å². The van der Waals surface area contributed by atoms with Crippen LogP contribution in [0.15, 0.2) is 52.9 Å². The summed E-state index contributed by atoms with van der Waals surface area (Å²) in [6.45, 7) is 1.46. The average Bonchev–Trinajstić information content (AvgIpc) is 3.45. The van der Waals surface area contributed by atoms with Crippen molar-refractivity contribution >= 4 is 56.3 Å². The highest BCUT2D eigenvalue weighted by molar-refractivity contribution is 7.89. The molecule has 1 saturated heterocycles. The van der Waals surface area contributed by atoms with Crippen LogP contribution in [0.4, 0.5) is 5.95 Å². The van der Waals surface area contributed by atoms with Gasteiger partial charge in [0.2, 0.25) is 16.0 Å². The van der Waals surface area contributed by atoms with Gasteiger partial charge in [0, 0.05) is 32.4 Å². The summed E-state index contributed by atoms with van der Waals surface area (Å²) in [7, 11) is -3.75. The minimum atomic E-state index is -3.75. The van der Waals surface area contributed by atoms with E-state index in [1.807, 2.05) is 28.5 Å². The van der Waals surface area contributed by atoms with Crippen molar-refractivity contribution in [3.05, 3.63) is 58.0 Å². The molecule has 4 aromatic rings. The summed E-state index contributed by atoms with van der Waals surface area (Å²) in [5.74, 6) is 1.02. The summed E-state index contributed by atoms with van der Waals surface area (Å²) in [5, 5.41) is 6.89. The molecule has 1 aliphatic heterocycles. The highest BCUT2D eigenvalue weighted by Crippen LogP contribution is 2.31. The first kappa shape index (κ1) is 20.7. The molecule has 1 fully saturated rings. The van der Waals surface area contributed by atoms with Crippen LogP contribution in [-0.4, -0.2) is 58.5 Å². The lowest BCUT2D eigenvalue weighted by Gasteiger charge is -2.33. The Labute approximate surface area is 192 Å². The van der Waals surface area contributed by atoms with Crippen molar-refractivity contribution in [3.63, 3.8) is 0 Å². The molecule has 0 amide bonds. The van der Waals surface area contributed by atoms with Crippen LogP contribution in [-0.2, 0) is 10.0 Å². The van der Waals surface area contributed by atoms with Crippen molar-refractivity contribution in [2.24, 2.45) is 0 Å². The molecule has 0 bridgehead atoms. The Balaban J connectivity index is 1.38. The number of benzene rings is 1. The molecule has 12 heteroatoms. The van der Waals surface area contributed by atoms with E-state index in [9.17, 15) is 8.42 Å². The van der Waals surface area contributed by atoms with Gasteiger partial charge in [0.25, 0.3) is 5.78 Å². The van der Waals surface area contributed by atoms with E-state index in [0.717, 1.165) is 10.6 Å². The van der Waals surface area contributed by atoms with E-state index in [-0.39, 0.29) is 28.0 Å². The van der Waals surface area contributed by atoms with Crippen LogP contribution in [0.3, 0.4) is 0 Å². The zero-order valence-corrected chi connectivity index (χ0v) is 19.2. The maximum Gasteiger partial charge on any atom is 0.254 e. The number of rotatable bonds is 4. The van der Waals surface area contributed by atoms with Gasteiger partial charge in [0.15, 0.2) is 0 Å². The summed E-state index contributed by atoms with van der Waals surface area (Å²) in [6, 6.07) is 10.5. The number of halogens is 2. The highest BCUT2D eigenvalue weighted by atomic mass is 35.5. The second-order valence-electron chi connectivity index (χ2n) is 6.87. The van der Waals surface area contributed by atoms with E-state index in [4.69, 9.17) is 23.2 Å². The molecular formula is C19H16Cl2N6O2S2. The second-order valence-corrected chi connectivity index (χ2v) is 10.5. The number of hydrogen-bond acceptors (Lipinski definition) is 7. The summed E-state index contributed by atoms with van der Waals surface area (Å²) in [6.07, 6.45) is 1.71. The fourth-order valence-electron chi connectivity index (χ4n) is 3.48. The zero-order chi connectivity index (χ0) is 21.6. The second kappa shape index (κ2) is 8.03. The molecule has 0 saturated carbocycles. The third kappa shape index (κ3) is 3.68. The molecule has 1 aliphatic rings. The molecule has 0 radical (unpaired) electrons. The first-order valence-electron chi connectivity index (χ1n) is 9.40. The standard InChI is InChI=1S/C19H16Cl2N6O2S2/c20-13-3-1-5-16(17(13)21)31(28,29)26-10-8-25(9-11-26)19-23-18-22-7-6-14(27(18)24-19)15-4-2-12-30-15/h1-7,12H,8-11H2. The Morgan fingerprint density at radius 3 is 2.55 bits per heavy atom. The van der Waals surface area contributed by atoms with Gasteiger partial charge >= 0.3 is 0 Å². The number of piperazine rings is 1. The Kier molecular flexibility index (Phi) is 5.35. The van der Waals surface area contributed by atoms with E-state index in [2.05, 4.69) is 15.1 Å². The number of nitrogens with zero attached hydrogens (tertiary/aromatic N) is 6. The molecule has 3 aromatic heterocycles. The van der Waals surface area contributed by atoms with Gasteiger partial charge in [-0.15, -0.1) is 16.4 Å². The van der Waals surface area contributed by atoms with Crippen LogP contribution in [0.1, 0.15) is 0 Å². The van der Waals surface area contributed by atoms with Crippen LogP contribution in [0.2, 0.25) is 10.0 Å². The van der Waals surface area contributed by atoms with Crippen LogP contribution in [0.25, 0.3) is 16.3 Å². The first-order chi connectivity index (χ1) is 14.9. The molecule has 0 aliphatic carbocycles. The van der Waals surface area contributed by atoms with Crippen LogP contribution >= 0.6 is 34.5 Å². The monoisotopic (exact) mass is 494 g/mol. The van der Waals surface area contributed by atoms with Gasteiger partial charge in [-0.3, -0.25) is 0 Å². The molecule has 31 heavy (non-hydrogen) atoms. The van der Waals surface area contributed by atoms with Gasteiger partial charge in [-0.05, 0) is 29.6 Å². The predicted molar refractivity (Wildman–Crippen MR) is 122 cm³/mol. The summed E-state index contributed by atoms with van der Waals surface area (Å²) < 4.78 is 29.2. The minimum absolute atomic E-state index is 0.0192. The molecule has 0 N–H and O–H groups in total. The van der Waals surface area contributed by atoms with Gasteiger partial charge < -0.3 is 4.90 Å². The molecular weight excluding hydrogens is 479 g/mol. The number of thiophene rings is 1. The maximum absolute atomic E-state index is 13.0. The smallest absolute Gasteiger partial charge is 0.254 e. The lowest BCUT2D eigenvalue weighted by Crippen LogP contribution is -2.49. The number of anilines is 1. The van der Waals surface area contributed by atoms with Crippen LogP contribution in [0.5, 0.6) is 0 Å². The van der Waals surface area contributed by atoms with Crippen molar-refractivity contribution in [1.82, 2.24) is 23.9 Å². The molecule has 5 rings (SSSR count). The Bertz CT molecular complexity index is 1350. The lowest BCUT2D eigenvalue weighted by molar-refractivity contribution is 0.382. The van der Waals surface area contributed by atoms with Gasteiger partial charge in [-0.25, -0.2) is 13.4 Å². The Morgan fingerprint density at radius 2 is 1.81 bits per heavy atom. The molecule has 8 nitrogen and oxygen atoms in total. The normalized spacial score (nSPS) is 15.6. The van der Waals surface area contributed by atoms with Gasteiger partial charge in [0.05, 0.1) is 20.6 Å². The van der Waals surface area contributed by atoms with Crippen molar-refractivity contribution in [1.29, 1.82) is 0 Å². The number of hydrogen-bond donors (Lipinski definition) is 0. The summed E-state index contributed by atoms with van der Waals surface area (Å²) in [5.41, 5.74) is 0.913. The Hall–Kier alpha value is -2.24. The lowest BCUT2D eigenvalue weighted by atomic mass is 10.3.